The fraction of sp³-hybridized carbons (Fsp3) is 0.348. The Morgan fingerprint density at radius 2 is 1.70 bits per heavy atom. The first-order valence-corrected chi connectivity index (χ1v) is 9.84. The number of aliphatic hydroxyl groups is 1. The van der Waals surface area contributed by atoms with Crippen LogP contribution in [-0.2, 0) is 10.9 Å². The van der Waals surface area contributed by atoms with E-state index in [0.29, 0.717) is 27.1 Å². The van der Waals surface area contributed by atoms with E-state index in [2.05, 4.69) is 4.98 Å². The van der Waals surface area contributed by atoms with Crippen LogP contribution >= 0.6 is 11.6 Å². The number of hydrogen-bond acceptors (Lipinski definition) is 3. The van der Waals surface area contributed by atoms with E-state index in [1.165, 1.54) is 6.07 Å². The monoisotopic (exact) mass is 437 g/mol. The van der Waals surface area contributed by atoms with E-state index in [4.69, 9.17) is 16.3 Å². The predicted molar refractivity (Wildman–Crippen MR) is 113 cm³/mol. The smallest absolute Gasteiger partial charge is 0.393 e. The molecule has 7 heteroatoms. The number of halogens is 4. The zero-order valence-corrected chi connectivity index (χ0v) is 17.9. The minimum atomic E-state index is -4.54. The second-order valence-corrected chi connectivity index (χ2v) is 8.59. The van der Waals surface area contributed by atoms with Crippen molar-refractivity contribution in [2.45, 2.75) is 45.6 Å². The number of alkyl halides is 3. The van der Waals surface area contributed by atoms with Crippen molar-refractivity contribution in [2.75, 3.05) is 6.61 Å². The standard InChI is InChI=1S/C23H23ClF3NO2/c1-13-11-17-16(9-10-19(28-17)23(25,26)27)21(14-5-7-15(24)8-6-14)20(13)18(12-29)30-22(2,3)4/h5-11,18,29H,12H2,1-4H3/t18-/m1/s1. The maximum absolute atomic E-state index is 13.2. The van der Waals surface area contributed by atoms with Gasteiger partial charge in [-0.2, -0.15) is 13.2 Å². The molecule has 0 unspecified atom stereocenters. The average molecular weight is 438 g/mol. The molecule has 3 nitrogen and oxygen atoms in total. The molecule has 1 aromatic heterocycles. The molecule has 0 amide bonds. The fourth-order valence-corrected chi connectivity index (χ4v) is 3.66. The quantitative estimate of drug-likeness (QED) is 0.492. The summed E-state index contributed by atoms with van der Waals surface area (Å²) in [6, 6.07) is 11.0. The summed E-state index contributed by atoms with van der Waals surface area (Å²) in [5.74, 6) is 0. The van der Waals surface area contributed by atoms with Crippen LogP contribution in [0.2, 0.25) is 5.02 Å². The first-order valence-electron chi connectivity index (χ1n) is 9.47. The topological polar surface area (TPSA) is 42.4 Å². The van der Waals surface area contributed by atoms with Gasteiger partial charge in [0, 0.05) is 10.4 Å². The van der Waals surface area contributed by atoms with Crippen LogP contribution in [0, 0.1) is 6.92 Å². The van der Waals surface area contributed by atoms with Gasteiger partial charge >= 0.3 is 6.18 Å². The van der Waals surface area contributed by atoms with Crippen LogP contribution in [0.1, 0.15) is 43.7 Å². The van der Waals surface area contributed by atoms with E-state index in [1.54, 1.807) is 37.3 Å². The van der Waals surface area contributed by atoms with E-state index >= 15 is 0 Å². The number of aliphatic hydroxyl groups excluding tert-OH is 1. The molecular formula is C23H23ClF3NO2. The highest BCUT2D eigenvalue weighted by atomic mass is 35.5. The summed E-state index contributed by atoms with van der Waals surface area (Å²) in [7, 11) is 0. The van der Waals surface area contributed by atoms with Gasteiger partial charge in [-0.05, 0) is 74.2 Å². The largest absolute Gasteiger partial charge is 0.433 e. The Hall–Kier alpha value is -2.15. The SMILES string of the molecule is Cc1cc2nc(C(F)(F)F)ccc2c(-c2ccc(Cl)cc2)c1[C@@H](CO)OC(C)(C)C. The molecular weight excluding hydrogens is 415 g/mol. The third-order valence-electron chi connectivity index (χ3n) is 4.65. The van der Waals surface area contributed by atoms with Crippen LogP contribution < -0.4 is 0 Å². The van der Waals surface area contributed by atoms with Gasteiger partial charge < -0.3 is 9.84 Å². The Kier molecular flexibility index (Phi) is 6.14. The van der Waals surface area contributed by atoms with Crippen LogP contribution in [0.4, 0.5) is 13.2 Å². The molecule has 30 heavy (non-hydrogen) atoms. The van der Waals surface area contributed by atoms with Gasteiger partial charge in [0.05, 0.1) is 17.7 Å². The van der Waals surface area contributed by atoms with Crippen LogP contribution in [0.3, 0.4) is 0 Å². The lowest BCUT2D eigenvalue weighted by molar-refractivity contribution is -0.140. The van der Waals surface area contributed by atoms with Crippen LogP contribution in [0.5, 0.6) is 0 Å². The van der Waals surface area contributed by atoms with Gasteiger partial charge in [0.25, 0.3) is 0 Å². The lowest BCUT2D eigenvalue weighted by Gasteiger charge is -2.30. The van der Waals surface area contributed by atoms with Gasteiger partial charge in [-0.3, -0.25) is 0 Å². The number of benzene rings is 2. The molecule has 0 spiro atoms. The van der Waals surface area contributed by atoms with E-state index < -0.39 is 23.6 Å². The highest BCUT2D eigenvalue weighted by Crippen LogP contribution is 2.41. The zero-order chi connectivity index (χ0) is 22.3. The number of pyridine rings is 1. The van der Waals surface area contributed by atoms with Gasteiger partial charge in [0.15, 0.2) is 0 Å². The molecule has 0 saturated carbocycles. The lowest BCUT2D eigenvalue weighted by Crippen LogP contribution is -2.25. The zero-order valence-electron chi connectivity index (χ0n) is 17.1. The molecule has 160 valence electrons. The van der Waals surface area contributed by atoms with Crippen molar-refractivity contribution in [2.24, 2.45) is 0 Å². The predicted octanol–water partition coefficient (Wildman–Crippen LogP) is 6.73. The summed E-state index contributed by atoms with van der Waals surface area (Å²) in [5.41, 5.74) is 1.56. The molecule has 1 atom stereocenters. The first-order chi connectivity index (χ1) is 13.9. The minimum Gasteiger partial charge on any atom is -0.393 e. The summed E-state index contributed by atoms with van der Waals surface area (Å²) < 4.78 is 45.7. The number of aromatic nitrogens is 1. The van der Waals surface area contributed by atoms with E-state index in [0.717, 1.165) is 11.6 Å². The fourth-order valence-electron chi connectivity index (χ4n) is 3.54. The molecule has 0 fully saturated rings. The highest BCUT2D eigenvalue weighted by molar-refractivity contribution is 6.30. The van der Waals surface area contributed by atoms with Gasteiger partial charge in [-0.1, -0.05) is 29.8 Å². The number of rotatable bonds is 4. The average Bonchev–Trinajstić information content (AvgIpc) is 2.64. The van der Waals surface area contributed by atoms with Crippen molar-refractivity contribution < 1.29 is 23.0 Å². The van der Waals surface area contributed by atoms with Crippen molar-refractivity contribution in [3.8, 4) is 11.1 Å². The normalized spacial score (nSPS) is 13.6. The van der Waals surface area contributed by atoms with Gasteiger partial charge in [-0.15, -0.1) is 0 Å². The maximum atomic E-state index is 13.2. The maximum Gasteiger partial charge on any atom is 0.433 e. The number of hydrogen-bond donors (Lipinski definition) is 1. The molecule has 0 bridgehead atoms. The van der Waals surface area contributed by atoms with Crippen LogP contribution in [0.15, 0.2) is 42.5 Å². The lowest BCUT2D eigenvalue weighted by atomic mass is 9.88. The van der Waals surface area contributed by atoms with Crippen molar-refractivity contribution in [1.29, 1.82) is 0 Å². The second kappa shape index (κ2) is 8.17. The molecule has 0 aliphatic carbocycles. The Morgan fingerprint density at radius 1 is 1.07 bits per heavy atom. The molecule has 3 rings (SSSR count). The molecule has 1 N–H and O–H groups in total. The molecule has 0 saturated heterocycles. The molecule has 0 aliphatic heterocycles. The van der Waals surface area contributed by atoms with E-state index in [9.17, 15) is 18.3 Å². The Labute approximate surface area is 178 Å². The summed E-state index contributed by atoms with van der Waals surface area (Å²) >= 11 is 6.03. The second-order valence-electron chi connectivity index (χ2n) is 8.15. The summed E-state index contributed by atoms with van der Waals surface area (Å²) in [5, 5.41) is 11.2. The third kappa shape index (κ3) is 4.77. The number of aryl methyl sites for hydroxylation is 1. The van der Waals surface area contributed by atoms with Crippen molar-refractivity contribution in [1.82, 2.24) is 4.98 Å². The first kappa shape index (κ1) is 22.5. The van der Waals surface area contributed by atoms with E-state index in [-0.39, 0.29) is 12.1 Å². The van der Waals surface area contributed by atoms with Crippen molar-refractivity contribution >= 4 is 22.5 Å². The summed E-state index contributed by atoms with van der Waals surface area (Å²) in [6.07, 6.45) is -5.20. The Bertz CT molecular complexity index is 1060. The Morgan fingerprint density at radius 3 is 2.23 bits per heavy atom. The number of fused-ring (bicyclic) bond motifs is 1. The van der Waals surface area contributed by atoms with Crippen LogP contribution in [0.25, 0.3) is 22.0 Å². The van der Waals surface area contributed by atoms with Crippen molar-refractivity contribution in [3.05, 3.63) is 64.3 Å². The number of nitrogens with zero attached hydrogens (tertiary/aromatic N) is 1. The molecule has 0 radical (unpaired) electrons. The molecule has 1 heterocycles. The third-order valence-corrected chi connectivity index (χ3v) is 4.90. The minimum absolute atomic E-state index is 0.225. The van der Waals surface area contributed by atoms with Gasteiger partial charge in [0.2, 0.25) is 0 Å². The molecule has 3 aromatic rings. The van der Waals surface area contributed by atoms with E-state index in [1.807, 2.05) is 20.8 Å². The summed E-state index contributed by atoms with van der Waals surface area (Å²) in [6.45, 7) is 7.14. The Balaban J connectivity index is 2.35. The van der Waals surface area contributed by atoms with Crippen LogP contribution in [-0.4, -0.2) is 22.3 Å². The highest BCUT2D eigenvalue weighted by Gasteiger charge is 2.33. The van der Waals surface area contributed by atoms with Crippen molar-refractivity contribution in [3.63, 3.8) is 0 Å². The summed E-state index contributed by atoms with van der Waals surface area (Å²) in [4.78, 5) is 3.86. The van der Waals surface area contributed by atoms with Gasteiger partial charge in [-0.25, -0.2) is 4.98 Å². The number of ether oxygens (including phenoxy) is 1. The molecule has 2 aromatic carbocycles. The molecule has 0 aliphatic rings. The van der Waals surface area contributed by atoms with Gasteiger partial charge in [0.1, 0.15) is 11.8 Å².